The van der Waals surface area contributed by atoms with Crippen molar-refractivity contribution in [1.82, 2.24) is 4.90 Å². The van der Waals surface area contributed by atoms with E-state index in [2.05, 4.69) is 17.1 Å². The monoisotopic (exact) mass is 195 g/mol. The van der Waals surface area contributed by atoms with E-state index >= 15 is 0 Å². The maximum Gasteiger partial charge on any atom is 0.0667 e. The Kier molecular flexibility index (Phi) is 3.60. The molecule has 0 spiro atoms. The number of hydrogen-bond acceptors (Lipinski definition) is 2. The minimum atomic E-state index is -0.0668. The normalized spacial score (nSPS) is 34.6. The number of β-amino-alcohol motifs (C(OH)–C–C–N with tert-alkyl or cyclic N) is 1. The molecule has 1 fully saturated rings. The lowest BCUT2D eigenvalue weighted by Crippen LogP contribution is -2.41. The molecule has 2 atom stereocenters. The predicted molar refractivity (Wildman–Crippen MR) is 58.2 cm³/mol. The van der Waals surface area contributed by atoms with E-state index < -0.39 is 0 Å². The van der Waals surface area contributed by atoms with Gasteiger partial charge in [0.2, 0.25) is 0 Å². The number of nitrogens with zero attached hydrogens (tertiary/aromatic N) is 1. The van der Waals surface area contributed by atoms with Crippen LogP contribution in [0.3, 0.4) is 0 Å². The minimum absolute atomic E-state index is 0.0668. The number of piperidine rings is 1. The summed E-state index contributed by atoms with van der Waals surface area (Å²) < 4.78 is 0. The van der Waals surface area contributed by atoms with E-state index in [1.807, 2.05) is 0 Å². The first kappa shape index (κ1) is 10.2. The van der Waals surface area contributed by atoms with Crippen molar-refractivity contribution < 1.29 is 5.11 Å². The maximum atomic E-state index is 9.55. The fourth-order valence-corrected chi connectivity index (χ4v) is 2.58. The lowest BCUT2D eigenvalue weighted by molar-refractivity contribution is 0.0612. The number of allylic oxidation sites excluding steroid dienone is 2. The Morgan fingerprint density at radius 1 is 1.29 bits per heavy atom. The highest BCUT2D eigenvalue weighted by atomic mass is 16.3. The fourth-order valence-electron chi connectivity index (χ4n) is 2.58. The first-order valence-electron chi connectivity index (χ1n) is 5.90. The molecule has 1 aliphatic carbocycles. The number of likely N-dealkylation sites (tertiary alicyclic amines) is 1. The maximum absolute atomic E-state index is 9.55. The topological polar surface area (TPSA) is 23.5 Å². The molecule has 0 saturated carbocycles. The molecule has 2 rings (SSSR count). The van der Waals surface area contributed by atoms with Crippen LogP contribution in [-0.4, -0.2) is 35.7 Å². The van der Waals surface area contributed by atoms with Crippen LogP contribution in [0.4, 0.5) is 0 Å². The highest BCUT2D eigenvalue weighted by Gasteiger charge is 2.20. The molecular formula is C12H21NO. The molecule has 0 aromatic rings. The number of aliphatic hydroxyl groups is 1. The summed E-state index contributed by atoms with van der Waals surface area (Å²) in [7, 11) is 0. The largest absolute Gasteiger partial charge is 0.392 e. The molecule has 0 aromatic carbocycles. The van der Waals surface area contributed by atoms with Gasteiger partial charge in [-0.15, -0.1) is 0 Å². The Morgan fingerprint density at radius 2 is 2.21 bits per heavy atom. The van der Waals surface area contributed by atoms with Crippen LogP contribution in [0.1, 0.15) is 32.1 Å². The molecule has 1 heterocycles. The van der Waals surface area contributed by atoms with Gasteiger partial charge in [-0.2, -0.15) is 0 Å². The molecule has 1 N–H and O–H groups in total. The Bertz CT molecular complexity index is 202. The van der Waals surface area contributed by atoms with Crippen LogP contribution in [0.5, 0.6) is 0 Å². The summed E-state index contributed by atoms with van der Waals surface area (Å²) in [5, 5.41) is 9.55. The second-order valence-electron chi connectivity index (χ2n) is 4.71. The van der Waals surface area contributed by atoms with Crippen LogP contribution in [0, 0.1) is 5.92 Å². The third-order valence-electron chi connectivity index (χ3n) is 3.37. The lowest BCUT2D eigenvalue weighted by Gasteiger charge is -2.33. The summed E-state index contributed by atoms with van der Waals surface area (Å²) in [5.74, 6) is 0.838. The molecule has 0 amide bonds. The van der Waals surface area contributed by atoms with Gasteiger partial charge >= 0.3 is 0 Å². The molecule has 0 radical (unpaired) electrons. The Balaban J connectivity index is 1.75. The first-order valence-corrected chi connectivity index (χ1v) is 5.90. The van der Waals surface area contributed by atoms with Gasteiger partial charge in [0.15, 0.2) is 0 Å². The second-order valence-corrected chi connectivity index (χ2v) is 4.71. The van der Waals surface area contributed by atoms with E-state index in [0.29, 0.717) is 0 Å². The lowest BCUT2D eigenvalue weighted by atomic mass is 9.93. The third-order valence-corrected chi connectivity index (χ3v) is 3.37. The van der Waals surface area contributed by atoms with E-state index in [1.54, 1.807) is 0 Å². The van der Waals surface area contributed by atoms with Crippen molar-refractivity contribution in [1.29, 1.82) is 0 Å². The Morgan fingerprint density at radius 3 is 2.93 bits per heavy atom. The average molecular weight is 195 g/mol. The van der Waals surface area contributed by atoms with Gasteiger partial charge in [-0.1, -0.05) is 12.2 Å². The van der Waals surface area contributed by atoms with E-state index in [4.69, 9.17) is 0 Å². The van der Waals surface area contributed by atoms with E-state index in [0.717, 1.165) is 18.9 Å². The quantitative estimate of drug-likeness (QED) is 0.679. The fraction of sp³-hybridized carbons (Fsp3) is 0.833. The van der Waals surface area contributed by atoms with Gasteiger partial charge in [0.25, 0.3) is 0 Å². The molecule has 2 aliphatic rings. The molecule has 2 nitrogen and oxygen atoms in total. The van der Waals surface area contributed by atoms with Crippen molar-refractivity contribution in [3.63, 3.8) is 0 Å². The zero-order valence-electron chi connectivity index (χ0n) is 8.86. The van der Waals surface area contributed by atoms with Crippen molar-refractivity contribution in [2.24, 2.45) is 5.92 Å². The van der Waals surface area contributed by atoms with Gasteiger partial charge in [-0.05, 0) is 44.6 Å². The molecule has 1 aliphatic heterocycles. The summed E-state index contributed by atoms with van der Waals surface area (Å²) in [4.78, 5) is 2.44. The van der Waals surface area contributed by atoms with Crippen LogP contribution >= 0.6 is 0 Å². The van der Waals surface area contributed by atoms with E-state index in [-0.39, 0.29) is 6.10 Å². The van der Waals surface area contributed by atoms with Gasteiger partial charge in [-0.25, -0.2) is 0 Å². The van der Waals surface area contributed by atoms with Crippen LogP contribution in [0.15, 0.2) is 12.2 Å². The van der Waals surface area contributed by atoms with Gasteiger partial charge in [0, 0.05) is 13.1 Å². The van der Waals surface area contributed by atoms with Gasteiger partial charge < -0.3 is 10.0 Å². The predicted octanol–water partition coefficient (Wildman–Crippen LogP) is 1.80. The zero-order valence-corrected chi connectivity index (χ0v) is 8.86. The first-order chi connectivity index (χ1) is 6.84. The van der Waals surface area contributed by atoms with Crippen LogP contribution in [0.2, 0.25) is 0 Å². The van der Waals surface area contributed by atoms with Crippen molar-refractivity contribution >= 4 is 0 Å². The zero-order chi connectivity index (χ0) is 9.80. The van der Waals surface area contributed by atoms with Crippen molar-refractivity contribution in [2.45, 2.75) is 38.2 Å². The Hall–Kier alpha value is -0.340. The summed E-state index contributed by atoms with van der Waals surface area (Å²) in [6.07, 6.45) is 10.5. The number of hydrogen-bond donors (Lipinski definition) is 1. The smallest absolute Gasteiger partial charge is 0.0667 e. The molecule has 0 bridgehead atoms. The molecule has 14 heavy (non-hydrogen) atoms. The van der Waals surface area contributed by atoms with Crippen LogP contribution < -0.4 is 0 Å². The summed E-state index contributed by atoms with van der Waals surface area (Å²) >= 11 is 0. The Labute approximate surface area is 86.6 Å². The van der Waals surface area contributed by atoms with Gasteiger partial charge in [-0.3, -0.25) is 0 Å². The van der Waals surface area contributed by atoms with Crippen LogP contribution in [-0.2, 0) is 0 Å². The van der Waals surface area contributed by atoms with Crippen molar-refractivity contribution in [3.05, 3.63) is 12.2 Å². The van der Waals surface area contributed by atoms with E-state index in [9.17, 15) is 5.11 Å². The van der Waals surface area contributed by atoms with Gasteiger partial charge in [0.05, 0.1) is 6.10 Å². The molecule has 2 unspecified atom stereocenters. The molecule has 80 valence electrons. The number of rotatable bonds is 2. The van der Waals surface area contributed by atoms with Crippen molar-refractivity contribution in [2.75, 3.05) is 19.6 Å². The highest BCUT2D eigenvalue weighted by molar-refractivity contribution is 4.91. The molecule has 1 saturated heterocycles. The molecule has 0 aromatic heterocycles. The van der Waals surface area contributed by atoms with E-state index in [1.165, 1.54) is 38.8 Å². The summed E-state index contributed by atoms with van der Waals surface area (Å²) in [5.41, 5.74) is 0. The summed E-state index contributed by atoms with van der Waals surface area (Å²) in [6.45, 7) is 3.29. The second kappa shape index (κ2) is 4.94. The van der Waals surface area contributed by atoms with Crippen LogP contribution in [0.25, 0.3) is 0 Å². The molecular weight excluding hydrogens is 174 g/mol. The minimum Gasteiger partial charge on any atom is -0.392 e. The standard InChI is InChI=1S/C12H21NO/c14-12-7-4-8-13(10-12)9-11-5-2-1-3-6-11/h1-2,11-12,14H,3-10H2. The summed E-state index contributed by atoms with van der Waals surface area (Å²) in [6, 6.07) is 0. The molecule has 2 heteroatoms. The van der Waals surface area contributed by atoms with Gasteiger partial charge in [0.1, 0.15) is 0 Å². The average Bonchev–Trinajstić information content (AvgIpc) is 2.19. The van der Waals surface area contributed by atoms with Crippen molar-refractivity contribution in [3.8, 4) is 0 Å². The SMILES string of the molecule is OC1CCCN(CC2CC=CCC2)C1. The number of aliphatic hydroxyl groups excluding tert-OH is 1. The third kappa shape index (κ3) is 2.82. The highest BCUT2D eigenvalue weighted by Crippen LogP contribution is 2.21.